The lowest BCUT2D eigenvalue weighted by atomic mass is 10.1. The molecule has 94 valence electrons. The smallest absolute Gasteiger partial charge is 0.252 e. The largest absolute Gasteiger partial charge is 0.348 e. The molecule has 1 aromatic heterocycles. The lowest BCUT2D eigenvalue weighted by Crippen LogP contribution is -2.22. The maximum atomic E-state index is 11.8. The van der Waals surface area contributed by atoms with Crippen LogP contribution in [0.2, 0.25) is 0 Å². The predicted octanol–water partition coefficient (Wildman–Crippen LogP) is 4.18. The van der Waals surface area contributed by atoms with Crippen molar-refractivity contribution in [1.82, 2.24) is 5.32 Å². The molecule has 0 atom stereocenters. The van der Waals surface area contributed by atoms with Gasteiger partial charge in [-0.1, -0.05) is 24.3 Å². The van der Waals surface area contributed by atoms with Gasteiger partial charge >= 0.3 is 0 Å². The van der Waals surface area contributed by atoms with Crippen LogP contribution in [-0.4, -0.2) is 5.91 Å². The summed E-state index contributed by atoms with van der Waals surface area (Å²) in [7, 11) is 0. The second-order valence-electron chi connectivity index (χ2n) is 3.78. The first-order valence-electron chi connectivity index (χ1n) is 5.35. The fourth-order valence-corrected chi connectivity index (χ4v) is 2.84. The van der Waals surface area contributed by atoms with Gasteiger partial charge < -0.3 is 5.32 Å². The number of halogens is 2. The summed E-state index contributed by atoms with van der Waals surface area (Å²) in [6, 6.07) is 9.69. The normalized spacial score (nSPS) is 10.3. The number of thiophene rings is 1. The first kappa shape index (κ1) is 13.6. The topological polar surface area (TPSA) is 29.1 Å². The average Bonchev–Trinajstić information content (AvgIpc) is 2.83. The summed E-state index contributed by atoms with van der Waals surface area (Å²) in [4.78, 5) is 11.8. The molecule has 18 heavy (non-hydrogen) atoms. The Bertz CT molecular complexity index is 555. The molecule has 0 aliphatic heterocycles. The van der Waals surface area contributed by atoms with E-state index < -0.39 is 0 Å². The summed E-state index contributed by atoms with van der Waals surface area (Å²) >= 11 is 10.6. The zero-order chi connectivity index (χ0) is 13.0. The monoisotopic (exact) mass is 343 g/mol. The van der Waals surface area contributed by atoms with Crippen LogP contribution in [-0.2, 0) is 12.4 Å². The standard InChI is InChI=1S/C13H11BrClNOS/c14-12-5-11(8-18-12)13(17)16-7-10-3-1-2-9(4-10)6-15/h1-5,8H,6-7H2,(H,16,17). The highest BCUT2D eigenvalue weighted by Gasteiger charge is 2.07. The molecule has 0 saturated carbocycles. The summed E-state index contributed by atoms with van der Waals surface area (Å²) in [5, 5.41) is 4.71. The Balaban J connectivity index is 1.97. The van der Waals surface area contributed by atoms with Gasteiger partial charge in [-0.2, -0.15) is 0 Å². The van der Waals surface area contributed by atoms with Gasteiger partial charge in [-0.15, -0.1) is 22.9 Å². The molecule has 2 rings (SSSR count). The zero-order valence-corrected chi connectivity index (χ0v) is 12.6. The summed E-state index contributed by atoms with van der Waals surface area (Å²) in [5.74, 6) is 0.424. The fraction of sp³-hybridized carbons (Fsp3) is 0.154. The molecule has 1 N–H and O–H groups in total. The second kappa shape index (κ2) is 6.36. The van der Waals surface area contributed by atoms with Gasteiger partial charge in [0.1, 0.15) is 0 Å². The van der Waals surface area contributed by atoms with Crippen LogP contribution in [0.5, 0.6) is 0 Å². The Hall–Kier alpha value is -0.840. The van der Waals surface area contributed by atoms with Crippen LogP contribution in [0.25, 0.3) is 0 Å². The molecule has 1 amide bonds. The Labute approximate surface area is 123 Å². The summed E-state index contributed by atoms with van der Waals surface area (Å²) < 4.78 is 0.955. The van der Waals surface area contributed by atoms with Gasteiger partial charge in [0.15, 0.2) is 0 Å². The van der Waals surface area contributed by atoms with E-state index >= 15 is 0 Å². The maximum absolute atomic E-state index is 11.8. The Kier molecular flexibility index (Phi) is 4.80. The summed E-state index contributed by atoms with van der Waals surface area (Å²) in [5.41, 5.74) is 2.79. The number of hydrogen-bond acceptors (Lipinski definition) is 2. The van der Waals surface area contributed by atoms with Crippen LogP contribution < -0.4 is 5.32 Å². The molecule has 0 radical (unpaired) electrons. The SMILES string of the molecule is O=C(NCc1cccc(CCl)c1)c1csc(Br)c1. The molecule has 5 heteroatoms. The minimum absolute atomic E-state index is 0.0618. The molecule has 0 spiro atoms. The predicted molar refractivity (Wildman–Crippen MR) is 79.2 cm³/mol. The van der Waals surface area contributed by atoms with Gasteiger partial charge in [0, 0.05) is 17.8 Å². The van der Waals surface area contributed by atoms with Crippen LogP contribution in [0.15, 0.2) is 39.5 Å². The van der Waals surface area contributed by atoms with Crippen LogP contribution in [0.4, 0.5) is 0 Å². The van der Waals surface area contributed by atoms with Gasteiger partial charge in [0.05, 0.1) is 9.35 Å². The Morgan fingerprint density at radius 1 is 1.33 bits per heavy atom. The van der Waals surface area contributed by atoms with Crippen molar-refractivity contribution >= 4 is 44.8 Å². The van der Waals surface area contributed by atoms with E-state index in [2.05, 4.69) is 21.2 Å². The van der Waals surface area contributed by atoms with Crippen LogP contribution >= 0.6 is 38.9 Å². The Morgan fingerprint density at radius 3 is 2.78 bits per heavy atom. The molecule has 0 aliphatic carbocycles. The van der Waals surface area contributed by atoms with Gasteiger partial charge in [0.2, 0.25) is 0 Å². The molecular formula is C13H11BrClNOS. The van der Waals surface area contributed by atoms with E-state index in [1.54, 1.807) is 0 Å². The lowest BCUT2D eigenvalue weighted by molar-refractivity contribution is 0.0951. The van der Waals surface area contributed by atoms with Crippen LogP contribution in [0.1, 0.15) is 21.5 Å². The zero-order valence-electron chi connectivity index (χ0n) is 9.45. The molecule has 0 bridgehead atoms. The molecule has 2 aromatic rings. The first-order chi connectivity index (χ1) is 8.69. The number of hydrogen-bond donors (Lipinski definition) is 1. The molecule has 1 heterocycles. The number of carbonyl (C=O) groups is 1. The van der Waals surface area contributed by atoms with Gasteiger partial charge in [-0.05, 0) is 33.1 Å². The third-order valence-electron chi connectivity index (χ3n) is 2.43. The number of rotatable bonds is 4. The van der Waals surface area contributed by atoms with E-state index in [0.29, 0.717) is 18.0 Å². The van der Waals surface area contributed by atoms with Crippen LogP contribution in [0, 0.1) is 0 Å². The molecular weight excluding hydrogens is 334 g/mol. The van der Waals surface area contributed by atoms with Crippen molar-refractivity contribution in [3.05, 3.63) is 56.2 Å². The van der Waals surface area contributed by atoms with Gasteiger partial charge in [-0.25, -0.2) is 0 Å². The first-order valence-corrected chi connectivity index (χ1v) is 7.56. The highest BCUT2D eigenvalue weighted by atomic mass is 79.9. The minimum Gasteiger partial charge on any atom is -0.348 e. The van der Waals surface area contributed by atoms with Crippen molar-refractivity contribution in [2.24, 2.45) is 0 Å². The molecule has 1 aromatic carbocycles. The van der Waals surface area contributed by atoms with Gasteiger partial charge in [0.25, 0.3) is 5.91 Å². The van der Waals surface area contributed by atoms with E-state index in [4.69, 9.17) is 11.6 Å². The molecule has 0 unspecified atom stereocenters. The van der Waals surface area contributed by atoms with E-state index in [1.807, 2.05) is 35.7 Å². The number of nitrogens with one attached hydrogen (secondary N) is 1. The lowest BCUT2D eigenvalue weighted by Gasteiger charge is -2.05. The van der Waals surface area contributed by atoms with Crippen molar-refractivity contribution < 1.29 is 4.79 Å². The van der Waals surface area contributed by atoms with Crippen LogP contribution in [0.3, 0.4) is 0 Å². The molecule has 2 nitrogen and oxygen atoms in total. The fourth-order valence-electron chi connectivity index (χ4n) is 1.54. The summed E-state index contributed by atoms with van der Waals surface area (Å²) in [6.07, 6.45) is 0. The highest BCUT2D eigenvalue weighted by molar-refractivity contribution is 9.11. The molecule has 0 fully saturated rings. The highest BCUT2D eigenvalue weighted by Crippen LogP contribution is 2.20. The minimum atomic E-state index is -0.0618. The molecule has 0 saturated heterocycles. The van der Waals surface area contributed by atoms with Crippen molar-refractivity contribution in [2.75, 3.05) is 0 Å². The van der Waals surface area contributed by atoms with Gasteiger partial charge in [-0.3, -0.25) is 4.79 Å². The molecule has 0 aliphatic rings. The number of carbonyl (C=O) groups excluding carboxylic acids is 1. The van der Waals surface area contributed by atoms with E-state index in [0.717, 1.165) is 14.9 Å². The van der Waals surface area contributed by atoms with Crippen molar-refractivity contribution in [3.63, 3.8) is 0 Å². The third kappa shape index (κ3) is 3.57. The second-order valence-corrected chi connectivity index (χ2v) is 6.33. The number of benzene rings is 1. The van der Waals surface area contributed by atoms with Crippen molar-refractivity contribution in [2.45, 2.75) is 12.4 Å². The average molecular weight is 345 g/mol. The third-order valence-corrected chi connectivity index (χ3v) is 4.24. The van der Waals surface area contributed by atoms with Crippen molar-refractivity contribution in [3.8, 4) is 0 Å². The van der Waals surface area contributed by atoms with E-state index in [1.165, 1.54) is 11.3 Å². The van der Waals surface area contributed by atoms with E-state index in [-0.39, 0.29) is 5.91 Å². The number of amides is 1. The maximum Gasteiger partial charge on any atom is 0.252 e. The number of alkyl halides is 1. The van der Waals surface area contributed by atoms with Crippen molar-refractivity contribution in [1.29, 1.82) is 0 Å². The quantitative estimate of drug-likeness (QED) is 0.828. The summed E-state index contributed by atoms with van der Waals surface area (Å²) in [6.45, 7) is 0.511. The van der Waals surface area contributed by atoms with E-state index in [9.17, 15) is 4.79 Å². The Morgan fingerprint density at radius 2 is 2.11 bits per heavy atom.